The molecule has 0 atom stereocenters. The molecule has 3 aromatic rings. The molecule has 0 saturated heterocycles. The van der Waals surface area contributed by atoms with E-state index in [-0.39, 0.29) is 12.8 Å². The summed E-state index contributed by atoms with van der Waals surface area (Å²) in [4.78, 5) is 22.5. The van der Waals surface area contributed by atoms with Crippen LogP contribution in [0.4, 0.5) is 0 Å². The molecule has 0 bridgehead atoms. The van der Waals surface area contributed by atoms with Crippen LogP contribution in [0.1, 0.15) is 7.06 Å². The molecule has 0 radical (unpaired) electrons. The highest BCUT2D eigenvalue weighted by Crippen LogP contribution is 2.16. The van der Waals surface area contributed by atoms with Crippen LogP contribution in [-0.4, -0.2) is 34.7 Å². The van der Waals surface area contributed by atoms with Gasteiger partial charge in [-0.3, -0.25) is 0 Å². The predicted molar refractivity (Wildman–Crippen MR) is 65.2 cm³/mol. The Labute approximate surface area is 111 Å². The van der Waals surface area contributed by atoms with Crippen molar-refractivity contribution in [1.82, 2.24) is 34.7 Å². The van der Waals surface area contributed by atoms with Crippen LogP contribution in [-0.2, 0) is 13.7 Å². The summed E-state index contributed by atoms with van der Waals surface area (Å²) in [5, 5.41) is 9.28. The second-order valence-corrected chi connectivity index (χ2v) is 4.35. The molecule has 19 heavy (non-hydrogen) atoms. The van der Waals surface area contributed by atoms with E-state index in [9.17, 15) is 4.79 Å². The van der Waals surface area contributed by atoms with E-state index in [1.807, 2.05) is 0 Å². The molecule has 0 aromatic carbocycles. The number of tetrazole rings is 1. The smallest absolute Gasteiger partial charge is 0.369 e. The van der Waals surface area contributed by atoms with E-state index in [1.165, 1.54) is 24.7 Å². The van der Waals surface area contributed by atoms with Crippen molar-refractivity contribution in [1.29, 1.82) is 0 Å². The number of aromatic nitrogens is 7. The lowest BCUT2D eigenvalue weighted by molar-refractivity contribution is 0.299. The standard InChI is InChI=1S/C9H9N7O2S/c1-15-9(17)16(14-13-15)7-6(11-5-12-7)4-18-8-10-2-3-19-8/h2-3,5H,4H2,1H3,(H,11,12)/i2T. The molecule has 3 rings (SSSR count). The number of nitrogens with one attached hydrogen (secondary N) is 1. The maximum atomic E-state index is 11.8. The lowest BCUT2D eigenvalue weighted by Gasteiger charge is -2.01. The lowest BCUT2D eigenvalue weighted by Crippen LogP contribution is -2.23. The zero-order chi connectivity index (χ0) is 14.1. The zero-order valence-corrected chi connectivity index (χ0v) is 10.6. The third-order valence-electron chi connectivity index (χ3n) is 2.33. The number of H-pyrrole nitrogens is 1. The summed E-state index contributed by atoms with van der Waals surface area (Å²) in [5.41, 5.74) is 0.162. The Bertz CT molecular complexity index is 788. The number of hydrogen-bond donors (Lipinski definition) is 1. The van der Waals surface area contributed by atoms with Gasteiger partial charge in [-0.1, -0.05) is 11.3 Å². The van der Waals surface area contributed by atoms with Gasteiger partial charge in [0.15, 0.2) is 5.82 Å². The maximum absolute atomic E-state index is 11.8. The molecule has 0 aliphatic rings. The first-order valence-corrected chi connectivity index (χ1v) is 6.09. The fourth-order valence-electron chi connectivity index (χ4n) is 1.43. The molecule has 0 aliphatic heterocycles. The monoisotopic (exact) mass is 281 g/mol. The minimum atomic E-state index is -0.402. The van der Waals surface area contributed by atoms with Crippen molar-refractivity contribution in [3.05, 3.63) is 34.1 Å². The van der Waals surface area contributed by atoms with E-state index in [4.69, 9.17) is 6.11 Å². The third kappa shape index (κ3) is 2.12. The van der Waals surface area contributed by atoms with E-state index >= 15 is 0 Å². The van der Waals surface area contributed by atoms with Gasteiger partial charge in [0, 0.05) is 18.6 Å². The molecule has 0 unspecified atom stereocenters. The molecule has 3 aromatic heterocycles. The van der Waals surface area contributed by atoms with Gasteiger partial charge in [-0.15, -0.1) is 4.68 Å². The number of thiazole rings is 1. The van der Waals surface area contributed by atoms with Crippen molar-refractivity contribution >= 4 is 11.3 Å². The Morgan fingerprint density at radius 1 is 1.53 bits per heavy atom. The number of rotatable bonds is 4. The molecule has 9 nitrogen and oxygen atoms in total. The van der Waals surface area contributed by atoms with E-state index in [1.54, 1.807) is 5.38 Å². The summed E-state index contributed by atoms with van der Waals surface area (Å²) >= 11 is 1.22. The van der Waals surface area contributed by atoms with Gasteiger partial charge in [0.25, 0.3) is 5.19 Å². The van der Waals surface area contributed by atoms with Gasteiger partial charge in [0.2, 0.25) is 0 Å². The Kier molecular flexibility index (Phi) is 2.55. The van der Waals surface area contributed by atoms with Crippen molar-refractivity contribution < 1.29 is 6.11 Å². The number of nitrogens with zero attached hydrogens (tertiary/aromatic N) is 6. The highest BCUT2D eigenvalue weighted by Gasteiger charge is 2.14. The molecular formula is C9H9N7O2S. The second-order valence-electron chi connectivity index (χ2n) is 3.53. The summed E-state index contributed by atoms with van der Waals surface area (Å²) in [5.74, 6) is 0.325. The van der Waals surface area contributed by atoms with Crippen LogP contribution in [0.3, 0.4) is 0 Å². The molecule has 98 valence electrons. The fraction of sp³-hybridized carbons (Fsp3) is 0.222. The Morgan fingerprint density at radius 2 is 2.42 bits per heavy atom. The van der Waals surface area contributed by atoms with Gasteiger partial charge in [-0.25, -0.2) is 14.8 Å². The molecule has 0 amide bonds. The highest BCUT2D eigenvalue weighted by molar-refractivity contribution is 7.11. The van der Waals surface area contributed by atoms with Crippen molar-refractivity contribution in [2.45, 2.75) is 6.61 Å². The number of ether oxygens (including phenoxy) is 1. The first kappa shape index (κ1) is 10.4. The van der Waals surface area contributed by atoms with Crippen LogP contribution in [0.25, 0.3) is 5.82 Å². The first-order chi connectivity index (χ1) is 9.65. The van der Waals surface area contributed by atoms with Crippen molar-refractivity contribution in [2.24, 2.45) is 7.05 Å². The Balaban J connectivity index is 1.83. The third-order valence-corrected chi connectivity index (χ3v) is 2.96. The Morgan fingerprint density at radius 3 is 3.11 bits per heavy atom. The van der Waals surface area contributed by atoms with Crippen LogP contribution in [0, 0.1) is 0 Å². The number of aromatic amines is 1. The number of aryl methyl sites for hydroxylation is 1. The SMILES string of the molecule is [3H]c1csc(OCc2[nH]cnc2-n2nnn(C)c2=O)n1. The van der Waals surface area contributed by atoms with E-state index < -0.39 is 5.69 Å². The van der Waals surface area contributed by atoms with Crippen molar-refractivity contribution in [3.63, 3.8) is 0 Å². The van der Waals surface area contributed by atoms with Gasteiger partial charge in [-0.05, 0) is 10.4 Å². The molecule has 0 fully saturated rings. The largest absolute Gasteiger partial charge is 0.463 e. The highest BCUT2D eigenvalue weighted by atomic mass is 32.1. The van der Waals surface area contributed by atoms with Crippen LogP contribution in [0.5, 0.6) is 5.19 Å². The fourth-order valence-corrected chi connectivity index (χ4v) is 1.87. The van der Waals surface area contributed by atoms with Crippen molar-refractivity contribution in [3.8, 4) is 11.0 Å². The van der Waals surface area contributed by atoms with Crippen LogP contribution >= 0.6 is 11.3 Å². The zero-order valence-electron chi connectivity index (χ0n) is 10.8. The summed E-state index contributed by atoms with van der Waals surface area (Å²) in [6.07, 6.45) is 1.59. The average molecular weight is 281 g/mol. The first-order valence-electron chi connectivity index (χ1n) is 5.71. The van der Waals surface area contributed by atoms with E-state index in [0.717, 1.165) is 9.36 Å². The quantitative estimate of drug-likeness (QED) is 0.705. The predicted octanol–water partition coefficient (Wildman–Crippen LogP) is -0.275. The average Bonchev–Trinajstić information content (AvgIpc) is 3.11. The summed E-state index contributed by atoms with van der Waals surface area (Å²) < 4.78 is 14.9. The second kappa shape index (κ2) is 4.65. The van der Waals surface area contributed by atoms with Crippen LogP contribution < -0.4 is 10.4 Å². The van der Waals surface area contributed by atoms with Crippen LogP contribution in [0.2, 0.25) is 0 Å². The van der Waals surface area contributed by atoms with Crippen molar-refractivity contribution in [2.75, 3.05) is 0 Å². The maximum Gasteiger partial charge on any atom is 0.369 e. The summed E-state index contributed by atoms with van der Waals surface area (Å²) in [6, 6.07) is 0. The molecule has 0 spiro atoms. The molecule has 0 saturated carbocycles. The number of hydrogen-bond acceptors (Lipinski definition) is 7. The topological polar surface area (TPSA) is 104 Å². The molecule has 3 heterocycles. The van der Waals surface area contributed by atoms with Gasteiger partial charge >= 0.3 is 5.69 Å². The molecule has 0 aliphatic carbocycles. The molecular weight excluding hydrogens is 270 g/mol. The van der Waals surface area contributed by atoms with E-state index in [0.29, 0.717) is 16.7 Å². The van der Waals surface area contributed by atoms with E-state index in [2.05, 4.69) is 25.4 Å². The minimum absolute atomic E-state index is 0.130. The lowest BCUT2D eigenvalue weighted by atomic mass is 10.4. The molecule has 10 heteroatoms. The van der Waals surface area contributed by atoms with Gasteiger partial charge in [0.1, 0.15) is 6.61 Å². The van der Waals surface area contributed by atoms with Crippen LogP contribution in [0.15, 0.2) is 22.7 Å². The van der Waals surface area contributed by atoms with Gasteiger partial charge < -0.3 is 9.72 Å². The van der Waals surface area contributed by atoms with Gasteiger partial charge in [-0.2, -0.15) is 4.68 Å². The summed E-state index contributed by atoms with van der Waals surface area (Å²) in [6.45, 7) is 0.130. The Hall–Kier alpha value is -2.49. The normalized spacial score (nSPS) is 11.5. The summed E-state index contributed by atoms with van der Waals surface area (Å²) in [7, 11) is 1.50. The molecule has 1 N–H and O–H groups in total. The van der Waals surface area contributed by atoms with Gasteiger partial charge in [0.05, 0.1) is 13.4 Å². The minimum Gasteiger partial charge on any atom is -0.463 e. The number of imidazole rings is 1.